The van der Waals surface area contributed by atoms with Crippen molar-refractivity contribution in [1.29, 1.82) is 0 Å². The Labute approximate surface area is 129 Å². The lowest BCUT2D eigenvalue weighted by Gasteiger charge is -2.25. The average molecular weight is 361 g/mol. The second-order valence-corrected chi connectivity index (χ2v) is 7.78. The minimum Gasteiger partial charge on any atom is -0.313 e. The van der Waals surface area contributed by atoms with Gasteiger partial charge in [0, 0.05) is 17.6 Å². The fourth-order valence-corrected chi connectivity index (χ4v) is 4.38. The van der Waals surface area contributed by atoms with E-state index in [9.17, 15) is 8.42 Å². The Kier molecular flexibility index (Phi) is 5.60. The van der Waals surface area contributed by atoms with E-state index in [1.807, 2.05) is 19.1 Å². The second kappa shape index (κ2) is 7.02. The summed E-state index contributed by atoms with van der Waals surface area (Å²) in [6, 6.07) is 5.38. The molecule has 0 aromatic heterocycles. The zero-order valence-corrected chi connectivity index (χ0v) is 14.1. The molecule has 4 nitrogen and oxygen atoms in total. The molecule has 112 valence electrons. The SMILES string of the molecule is CCNCc1ccc(S(=O)(=O)NCC2CCC2)c(Br)c1. The molecule has 0 bridgehead atoms. The highest BCUT2D eigenvalue weighted by molar-refractivity contribution is 9.10. The molecule has 1 aromatic rings. The minimum absolute atomic E-state index is 0.317. The topological polar surface area (TPSA) is 58.2 Å². The van der Waals surface area contributed by atoms with E-state index >= 15 is 0 Å². The molecule has 0 unspecified atom stereocenters. The first kappa shape index (κ1) is 15.9. The van der Waals surface area contributed by atoms with Crippen molar-refractivity contribution in [2.75, 3.05) is 13.1 Å². The van der Waals surface area contributed by atoms with Gasteiger partial charge in [0.25, 0.3) is 0 Å². The molecule has 1 aliphatic carbocycles. The van der Waals surface area contributed by atoms with Crippen LogP contribution in [-0.4, -0.2) is 21.5 Å². The lowest BCUT2D eigenvalue weighted by atomic mass is 9.86. The van der Waals surface area contributed by atoms with Gasteiger partial charge < -0.3 is 5.32 Å². The van der Waals surface area contributed by atoms with E-state index in [4.69, 9.17) is 0 Å². The summed E-state index contributed by atoms with van der Waals surface area (Å²) in [5.74, 6) is 0.511. The van der Waals surface area contributed by atoms with Crippen molar-refractivity contribution in [3.63, 3.8) is 0 Å². The minimum atomic E-state index is -3.42. The van der Waals surface area contributed by atoms with Gasteiger partial charge in [0.15, 0.2) is 0 Å². The van der Waals surface area contributed by atoms with Gasteiger partial charge in [0.05, 0.1) is 4.90 Å². The van der Waals surface area contributed by atoms with Crippen LogP contribution in [0.5, 0.6) is 0 Å². The van der Waals surface area contributed by atoms with Crippen molar-refractivity contribution in [3.05, 3.63) is 28.2 Å². The molecule has 0 amide bonds. The van der Waals surface area contributed by atoms with Crippen molar-refractivity contribution < 1.29 is 8.42 Å². The maximum absolute atomic E-state index is 12.3. The lowest BCUT2D eigenvalue weighted by molar-refractivity contribution is 0.316. The molecule has 0 radical (unpaired) electrons. The predicted octanol–water partition coefficient (Wildman–Crippen LogP) is 2.64. The van der Waals surface area contributed by atoms with Gasteiger partial charge in [-0.05, 0) is 58.9 Å². The first-order valence-corrected chi connectivity index (χ1v) is 9.29. The van der Waals surface area contributed by atoms with E-state index in [1.54, 1.807) is 6.07 Å². The van der Waals surface area contributed by atoms with Gasteiger partial charge in [-0.1, -0.05) is 19.4 Å². The highest BCUT2D eigenvalue weighted by Crippen LogP contribution is 2.27. The summed E-state index contributed by atoms with van der Waals surface area (Å²) in [5.41, 5.74) is 1.07. The highest BCUT2D eigenvalue weighted by atomic mass is 79.9. The summed E-state index contributed by atoms with van der Waals surface area (Å²) >= 11 is 3.37. The average Bonchev–Trinajstić information content (AvgIpc) is 2.34. The van der Waals surface area contributed by atoms with Crippen LogP contribution < -0.4 is 10.0 Å². The summed E-state index contributed by atoms with van der Waals surface area (Å²) in [5, 5.41) is 3.22. The molecule has 0 spiro atoms. The summed E-state index contributed by atoms with van der Waals surface area (Å²) in [4.78, 5) is 0.317. The first-order chi connectivity index (χ1) is 9.53. The maximum Gasteiger partial charge on any atom is 0.241 e. The number of halogens is 1. The van der Waals surface area contributed by atoms with Crippen molar-refractivity contribution >= 4 is 26.0 Å². The van der Waals surface area contributed by atoms with E-state index in [2.05, 4.69) is 26.0 Å². The van der Waals surface area contributed by atoms with Crippen molar-refractivity contribution in [2.24, 2.45) is 5.92 Å². The highest BCUT2D eigenvalue weighted by Gasteiger charge is 2.22. The predicted molar refractivity (Wildman–Crippen MR) is 84.1 cm³/mol. The van der Waals surface area contributed by atoms with E-state index in [0.29, 0.717) is 21.8 Å². The van der Waals surface area contributed by atoms with Crippen LogP contribution in [0.25, 0.3) is 0 Å². The summed E-state index contributed by atoms with van der Waals surface area (Å²) in [6.07, 6.45) is 3.48. The molecule has 0 atom stereocenters. The molecule has 1 saturated carbocycles. The van der Waals surface area contributed by atoms with Crippen LogP contribution in [0.1, 0.15) is 31.7 Å². The zero-order chi connectivity index (χ0) is 14.6. The van der Waals surface area contributed by atoms with Crippen LogP contribution >= 0.6 is 15.9 Å². The standard InChI is InChI=1S/C14H21BrN2O2S/c1-2-16-9-12-6-7-14(13(15)8-12)20(18,19)17-10-11-4-3-5-11/h6-8,11,16-17H,2-5,9-10H2,1H3. The van der Waals surface area contributed by atoms with E-state index in [0.717, 1.165) is 31.5 Å². The van der Waals surface area contributed by atoms with Crippen LogP contribution in [0, 0.1) is 5.92 Å². The van der Waals surface area contributed by atoms with Crippen LogP contribution in [-0.2, 0) is 16.6 Å². The first-order valence-electron chi connectivity index (χ1n) is 7.01. The number of benzene rings is 1. The van der Waals surface area contributed by atoms with Crippen molar-refractivity contribution in [1.82, 2.24) is 10.0 Å². The molecule has 1 aromatic carbocycles. The molecule has 2 rings (SSSR count). The lowest BCUT2D eigenvalue weighted by Crippen LogP contribution is -2.32. The Morgan fingerprint density at radius 1 is 1.35 bits per heavy atom. The van der Waals surface area contributed by atoms with E-state index in [-0.39, 0.29) is 0 Å². The molecule has 0 saturated heterocycles. The fourth-order valence-electron chi connectivity index (χ4n) is 2.14. The van der Waals surface area contributed by atoms with Gasteiger partial charge in [0.2, 0.25) is 10.0 Å². The summed E-state index contributed by atoms with van der Waals surface area (Å²) < 4.78 is 27.9. The smallest absolute Gasteiger partial charge is 0.241 e. The molecule has 0 heterocycles. The number of sulfonamides is 1. The van der Waals surface area contributed by atoms with Gasteiger partial charge in [-0.3, -0.25) is 0 Å². The second-order valence-electron chi connectivity index (χ2n) is 5.19. The molecular weight excluding hydrogens is 340 g/mol. The normalized spacial score (nSPS) is 16.1. The van der Waals surface area contributed by atoms with Gasteiger partial charge in [-0.25, -0.2) is 13.1 Å². The van der Waals surface area contributed by atoms with Crippen LogP contribution in [0.4, 0.5) is 0 Å². The van der Waals surface area contributed by atoms with Gasteiger partial charge in [0.1, 0.15) is 0 Å². The molecule has 1 fully saturated rings. The van der Waals surface area contributed by atoms with Crippen LogP contribution in [0.3, 0.4) is 0 Å². The molecular formula is C14H21BrN2O2S. The largest absolute Gasteiger partial charge is 0.313 e. The third-order valence-corrected chi connectivity index (χ3v) is 6.05. The Balaban J connectivity index is 2.06. The molecule has 6 heteroatoms. The van der Waals surface area contributed by atoms with Gasteiger partial charge >= 0.3 is 0 Å². The fraction of sp³-hybridized carbons (Fsp3) is 0.571. The Bertz CT molecular complexity index is 556. The number of hydrogen-bond acceptors (Lipinski definition) is 3. The molecule has 2 N–H and O–H groups in total. The quantitative estimate of drug-likeness (QED) is 0.785. The van der Waals surface area contributed by atoms with E-state index in [1.165, 1.54) is 6.42 Å². The van der Waals surface area contributed by atoms with Crippen molar-refractivity contribution in [2.45, 2.75) is 37.6 Å². The third-order valence-electron chi connectivity index (χ3n) is 3.65. The third kappa shape index (κ3) is 4.04. The Morgan fingerprint density at radius 2 is 2.10 bits per heavy atom. The van der Waals surface area contributed by atoms with Gasteiger partial charge in [-0.2, -0.15) is 0 Å². The van der Waals surface area contributed by atoms with Gasteiger partial charge in [-0.15, -0.1) is 0 Å². The van der Waals surface area contributed by atoms with Crippen LogP contribution in [0.15, 0.2) is 27.6 Å². The Hall–Kier alpha value is -0.430. The monoisotopic (exact) mass is 360 g/mol. The Morgan fingerprint density at radius 3 is 2.65 bits per heavy atom. The molecule has 0 aliphatic heterocycles. The van der Waals surface area contributed by atoms with E-state index < -0.39 is 10.0 Å². The van der Waals surface area contributed by atoms with Crippen molar-refractivity contribution in [3.8, 4) is 0 Å². The molecule has 20 heavy (non-hydrogen) atoms. The zero-order valence-electron chi connectivity index (χ0n) is 11.7. The maximum atomic E-state index is 12.3. The van der Waals surface area contributed by atoms with Crippen LogP contribution in [0.2, 0.25) is 0 Å². The number of rotatable bonds is 7. The molecule has 1 aliphatic rings. The summed E-state index contributed by atoms with van der Waals surface area (Å²) in [6.45, 7) is 4.22. The number of hydrogen-bond donors (Lipinski definition) is 2. The summed E-state index contributed by atoms with van der Waals surface area (Å²) in [7, 11) is -3.42. The number of nitrogens with one attached hydrogen (secondary N) is 2.